The second-order valence-electron chi connectivity index (χ2n) is 6.83. The van der Waals surface area contributed by atoms with E-state index >= 15 is 0 Å². The highest BCUT2D eigenvalue weighted by Gasteiger charge is 2.57. The lowest BCUT2D eigenvalue weighted by Crippen LogP contribution is -2.55. The molecular formula is C17H19BrN2O3. The van der Waals surface area contributed by atoms with E-state index in [1.165, 1.54) is 12.8 Å². The smallest absolute Gasteiger partial charge is 0.322 e. The summed E-state index contributed by atoms with van der Waals surface area (Å²) in [5, 5.41) is 5.31. The van der Waals surface area contributed by atoms with Gasteiger partial charge in [-0.25, -0.2) is 4.79 Å². The Morgan fingerprint density at radius 2 is 1.83 bits per heavy atom. The molecule has 5 nitrogen and oxygen atoms in total. The highest BCUT2D eigenvalue weighted by atomic mass is 79.9. The van der Waals surface area contributed by atoms with Crippen molar-refractivity contribution >= 4 is 27.9 Å². The molecule has 122 valence electrons. The first-order chi connectivity index (χ1) is 11.0. The summed E-state index contributed by atoms with van der Waals surface area (Å²) in [6, 6.07) is 5.26. The minimum absolute atomic E-state index is 0.270. The Labute approximate surface area is 143 Å². The molecule has 6 heteroatoms. The number of carbonyl (C=O) groups is 2. The molecule has 0 aromatic heterocycles. The summed E-state index contributed by atoms with van der Waals surface area (Å²) in [5.41, 5.74) is -0.643. The fourth-order valence-corrected chi connectivity index (χ4v) is 4.59. The molecule has 1 saturated carbocycles. The van der Waals surface area contributed by atoms with Crippen LogP contribution in [0.4, 0.5) is 4.79 Å². The number of benzene rings is 1. The zero-order valence-corrected chi connectivity index (χ0v) is 14.4. The van der Waals surface area contributed by atoms with Gasteiger partial charge in [-0.05, 0) is 43.9 Å². The molecule has 1 aromatic carbocycles. The number of hydrogen-bond acceptors (Lipinski definition) is 3. The number of fused-ring (bicyclic) bond motifs is 2. The monoisotopic (exact) mass is 378 g/mol. The molecule has 1 aliphatic carbocycles. The molecule has 2 heterocycles. The fourth-order valence-electron chi connectivity index (χ4n) is 4.23. The van der Waals surface area contributed by atoms with Crippen molar-refractivity contribution in [1.29, 1.82) is 0 Å². The third kappa shape index (κ3) is 2.35. The van der Waals surface area contributed by atoms with Crippen LogP contribution >= 0.6 is 15.9 Å². The Morgan fingerprint density at radius 1 is 1.09 bits per heavy atom. The van der Waals surface area contributed by atoms with Crippen molar-refractivity contribution in [1.82, 2.24) is 10.6 Å². The van der Waals surface area contributed by atoms with Gasteiger partial charge in [0, 0.05) is 16.5 Å². The van der Waals surface area contributed by atoms with Crippen LogP contribution in [0.5, 0.6) is 5.75 Å². The van der Waals surface area contributed by atoms with Crippen molar-refractivity contribution in [3.63, 3.8) is 0 Å². The third-order valence-electron chi connectivity index (χ3n) is 5.27. The van der Waals surface area contributed by atoms with Crippen molar-refractivity contribution in [2.45, 2.75) is 56.1 Å². The van der Waals surface area contributed by atoms with Crippen LogP contribution in [0, 0.1) is 0 Å². The molecule has 2 spiro atoms. The molecular weight excluding hydrogens is 360 g/mol. The summed E-state index contributed by atoms with van der Waals surface area (Å²) in [6.07, 6.45) is 6.94. The zero-order chi connectivity index (χ0) is 16.1. The Hall–Kier alpha value is -1.56. The van der Waals surface area contributed by atoms with E-state index in [0.29, 0.717) is 12.2 Å². The van der Waals surface area contributed by atoms with E-state index < -0.39 is 11.6 Å². The average molecular weight is 379 g/mol. The summed E-state index contributed by atoms with van der Waals surface area (Å²) in [6.45, 7) is 0. The van der Waals surface area contributed by atoms with Crippen molar-refractivity contribution in [2.75, 3.05) is 0 Å². The van der Waals surface area contributed by atoms with E-state index in [2.05, 4.69) is 26.6 Å². The maximum absolute atomic E-state index is 12.7. The number of halogens is 1. The molecule has 1 unspecified atom stereocenters. The van der Waals surface area contributed by atoms with E-state index in [-0.39, 0.29) is 11.5 Å². The van der Waals surface area contributed by atoms with E-state index in [1.807, 2.05) is 18.2 Å². The lowest BCUT2D eigenvalue weighted by atomic mass is 9.73. The van der Waals surface area contributed by atoms with Crippen LogP contribution in [0.3, 0.4) is 0 Å². The molecule has 2 aliphatic heterocycles. The number of ether oxygens (including phenoxy) is 1. The predicted octanol–water partition coefficient (Wildman–Crippen LogP) is 3.36. The van der Waals surface area contributed by atoms with Gasteiger partial charge in [0.2, 0.25) is 0 Å². The molecule has 3 amide bonds. The quantitative estimate of drug-likeness (QED) is 0.680. The summed E-state index contributed by atoms with van der Waals surface area (Å²) in [7, 11) is 0. The van der Waals surface area contributed by atoms with Gasteiger partial charge in [-0.15, -0.1) is 0 Å². The first kappa shape index (κ1) is 15.0. The summed E-state index contributed by atoms with van der Waals surface area (Å²) in [4.78, 5) is 24.5. The van der Waals surface area contributed by atoms with Gasteiger partial charge in [0.05, 0.1) is 0 Å². The van der Waals surface area contributed by atoms with Gasteiger partial charge in [-0.1, -0.05) is 28.8 Å². The van der Waals surface area contributed by atoms with E-state index in [1.54, 1.807) is 0 Å². The highest BCUT2D eigenvalue weighted by molar-refractivity contribution is 9.10. The summed E-state index contributed by atoms with van der Waals surface area (Å²) < 4.78 is 7.28. The van der Waals surface area contributed by atoms with Gasteiger partial charge >= 0.3 is 6.03 Å². The van der Waals surface area contributed by atoms with Crippen molar-refractivity contribution in [2.24, 2.45) is 0 Å². The van der Waals surface area contributed by atoms with Gasteiger partial charge in [-0.2, -0.15) is 0 Å². The number of urea groups is 1. The van der Waals surface area contributed by atoms with Gasteiger partial charge in [0.1, 0.15) is 11.4 Å². The van der Waals surface area contributed by atoms with Crippen molar-refractivity contribution in [3.05, 3.63) is 28.2 Å². The Kier molecular flexibility index (Phi) is 3.41. The highest BCUT2D eigenvalue weighted by Crippen LogP contribution is 2.50. The first-order valence-corrected chi connectivity index (χ1v) is 8.95. The molecule has 1 saturated heterocycles. The number of hydrogen-bond donors (Lipinski definition) is 2. The maximum atomic E-state index is 12.7. The van der Waals surface area contributed by atoms with E-state index in [4.69, 9.17) is 4.74 Å². The molecule has 23 heavy (non-hydrogen) atoms. The first-order valence-electron chi connectivity index (χ1n) is 8.16. The minimum atomic E-state index is -1.02. The minimum Gasteiger partial charge on any atom is -0.487 e. The largest absolute Gasteiger partial charge is 0.487 e. The van der Waals surface area contributed by atoms with Crippen molar-refractivity contribution < 1.29 is 14.3 Å². The molecule has 1 aromatic rings. The van der Waals surface area contributed by atoms with Crippen LogP contribution in [-0.2, 0) is 10.3 Å². The molecule has 3 aliphatic rings. The zero-order valence-electron chi connectivity index (χ0n) is 12.8. The second-order valence-corrected chi connectivity index (χ2v) is 7.75. The third-order valence-corrected chi connectivity index (χ3v) is 5.76. The van der Waals surface area contributed by atoms with E-state index in [0.717, 1.165) is 35.7 Å². The Balaban J connectivity index is 1.85. The second kappa shape index (κ2) is 5.23. The number of nitrogens with one attached hydrogen (secondary N) is 2. The van der Waals surface area contributed by atoms with Gasteiger partial charge in [-0.3, -0.25) is 10.1 Å². The maximum Gasteiger partial charge on any atom is 0.322 e. The van der Waals surface area contributed by atoms with Crippen LogP contribution in [0.25, 0.3) is 0 Å². The molecule has 0 radical (unpaired) electrons. The lowest BCUT2D eigenvalue weighted by molar-refractivity contribution is -0.128. The number of imide groups is 1. The molecule has 1 atom stereocenters. The van der Waals surface area contributed by atoms with E-state index in [9.17, 15) is 9.59 Å². The Bertz CT molecular complexity index is 682. The van der Waals surface area contributed by atoms with Gasteiger partial charge in [0.15, 0.2) is 5.54 Å². The number of rotatable bonds is 0. The molecule has 2 N–H and O–H groups in total. The summed E-state index contributed by atoms with van der Waals surface area (Å²) in [5.74, 6) is 0.437. The Morgan fingerprint density at radius 3 is 2.48 bits per heavy atom. The molecule has 4 rings (SSSR count). The van der Waals surface area contributed by atoms with Gasteiger partial charge in [0.25, 0.3) is 5.91 Å². The van der Waals surface area contributed by atoms with Crippen LogP contribution in [0.2, 0.25) is 0 Å². The average Bonchev–Trinajstić information content (AvgIpc) is 2.67. The van der Waals surface area contributed by atoms with Crippen LogP contribution in [-0.4, -0.2) is 17.5 Å². The fraction of sp³-hybridized carbons (Fsp3) is 0.529. The molecule has 2 fully saturated rings. The van der Waals surface area contributed by atoms with Crippen LogP contribution < -0.4 is 15.4 Å². The SMILES string of the molecule is O=C1NC(=O)C2(CC3(CCCCCC3)Oc3ccc(Br)cc32)N1. The lowest BCUT2D eigenvalue weighted by Gasteiger charge is -2.45. The topological polar surface area (TPSA) is 67.4 Å². The van der Waals surface area contributed by atoms with Gasteiger partial charge < -0.3 is 10.1 Å². The number of carbonyl (C=O) groups excluding carboxylic acids is 2. The normalized spacial score (nSPS) is 28.7. The standard InChI is InChI=1S/C17H19BrN2O3/c18-11-5-6-13-12(9-11)17(14(21)19-15(22)20-17)10-16(23-13)7-3-1-2-4-8-16/h5-6,9H,1-4,7-8,10H2,(H2,19,20,21,22). The summed E-state index contributed by atoms with van der Waals surface area (Å²) >= 11 is 3.46. The number of amides is 3. The molecule has 0 bridgehead atoms. The van der Waals surface area contributed by atoms with Crippen LogP contribution in [0.1, 0.15) is 50.5 Å². The van der Waals surface area contributed by atoms with Crippen LogP contribution in [0.15, 0.2) is 22.7 Å². The predicted molar refractivity (Wildman–Crippen MR) is 88.2 cm³/mol. The van der Waals surface area contributed by atoms with Crippen molar-refractivity contribution in [3.8, 4) is 5.75 Å².